The number of esters is 1. The molecule has 1 aliphatic rings. The molecule has 2 aromatic rings. The Morgan fingerprint density at radius 3 is 2.54 bits per heavy atom. The van der Waals surface area contributed by atoms with Gasteiger partial charge in [-0.05, 0) is 42.3 Å². The molecule has 1 aliphatic heterocycles. The molecule has 2 aromatic carbocycles. The molecule has 0 radical (unpaired) electrons. The van der Waals surface area contributed by atoms with Crippen molar-refractivity contribution in [2.24, 2.45) is 0 Å². The lowest BCUT2D eigenvalue weighted by atomic mass is 10.1. The lowest BCUT2D eigenvalue weighted by molar-refractivity contribution is -0.139. The zero-order chi connectivity index (χ0) is 18.5. The third-order valence-corrected chi connectivity index (χ3v) is 5.29. The third-order valence-electron chi connectivity index (χ3n) is 3.98. The van der Waals surface area contributed by atoms with Crippen molar-refractivity contribution in [1.82, 2.24) is 5.32 Å². The van der Waals surface area contributed by atoms with Gasteiger partial charge in [0.25, 0.3) is 5.91 Å². The van der Waals surface area contributed by atoms with E-state index in [0.29, 0.717) is 17.7 Å². The van der Waals surface area contributed by atoms with E-state index in [1.807, 2.05) is 24.3 Å². The number of rotatable bonds is 5. The summed E-state index contributed by atoms with van der Waals surface area (Å²) < 4.78 is 4.47. The van der Waals surface area contributed by atoms with Crippen LogP contribution in [0.15, 0.2) is 53.4 Å². The van der Waals surface area contributed by atoms with Gasteiger partial charge in [0.2, 0.25) is 5.91 Å². The van der Waals surface area contributed by atoms with Crippen LogP contribution < -0.4 is 10.6 Å². The van der Waals surface area contributed by atoms with Crippen LogP contribution in [0.5, 0.6) is 0 Å². The fourth-order valence-corrected chi connectivity index (χ4v) is 3.78. The van der Waals surface area contributed by atoms with Crippen molar-refractivity contribution in [2.45, 2.75) is 16.6 Å². The molecule has 0 aliphatic carbocycles. The van der Waals surface area contributed by atoms with E-state index in [-0.39, 0.29) is 23.6 Å². The van der Waals surface area contributed by atoms with E-state index in [4.69, 9.17) is 0 Å². The van der Waals surface area contributed by atoms with Crippen LogP contribution in [0.25, 0.3) is 0 Å². The molecule has 1 atom stereocenters. The van der Waals surface area contributed by atoms with Crippen LogP contribution in [-0.2, 0) is 20.7 Å². The molecule has 0 saturated heterocycles. The van der Waals surface area contributed by atoms with Gasteiger partial charge >= 0.3 is 5.97 Å². The summed E-state index contributed by atoms with van der Waals surface area (Å²) in [5, 5.41) is 5.18. The van der Waals surface area contributed by atoms with Crippen LogP contribution in [0.1, 0.15) is 15.9 Å². The highest BCUT2D eigenvalue weighted by molar-refractivity contribution is 8.01. The van der Waals surface area contributed by atoms with Crippen molar-refractivity contribution in [1.29, 1.82) is 0 Å². The molecule has 0 spiro atoms. The topological polar surface area (TPSA) is 84.5 Å². The van der Waals surface area contributed by atoms with Crippen LogP contribution in [-0.4, -0.2) is 36.7 Å². The number of benzene rings is 2. The van der Waals surface area contributed by atoms with Gasteiger partial charge in [0.15, 0.2) is 0 Å². The minimum atomic E-state index is -0.516. The van der Waals surface area contributed by atoms with E-state index in [1.54, 1.807) is 36.0 Å². The number of nitrogens with one attached hydrogen (secondary N) is 2. The van der Waals surface area contributed by atoms with Crippen LogP contribution in [0, 0.1) is 0 Å². The second-order valence-corrected chi connectivity index (χ2v) is 6.99. The van der Waals surface area contributed by atoms with Crippen molar-refractivity contribution in [2.75, 3.05) is 19.0 Å². The molecule has 3 rings (SSSR count). The minimum Gasteiger partial charge on any atom is -0.468 e. The first kappa shape index (κ1) is 18.0. The van der Waals surface area contributed by atoms with E-state index in [0.717, 1.165) is 4.90 Å². The molecule has 0 aromatic heterocycles. The predicted molar refractivity (Wildman–Crippen MR) is 99.2 cm³/mol. The lowest BCUT2D eigenvalue weighted by Gasteiger charge is -2.10. The quantitative estimate of drug-likeness (QED) is 0.789. The first-order valence-electron chi connectivity index (χ1n) is 8.07. The molecular weight excluding hydrogens is 352 g/mol. The molecule has 0 bridgehead atoms. The van der Waals surface area contributed by atoms with Crippen LogP contribution in [0.4, 0.5) is 5.69 Å². The molecule has 7 heteroatoms. The number of hydrogen-bond donors (Lipinski definition) is 2. The van der Waals surface area contributed by atoms with Gasteiger partial charge in [0.05, 0.1) is 12.4 Å². The average molecular weight is 370 g/mol. The molecule has 1 heterocycles. The van der Waals surface area contributed by atoms with Crippen molar-refractivity contribution in [3.8, 4) is 0 Å². The highest BCUT2D eigenvalue weighted by atomic mass is 32.2. The van der Waals surface area contributed by atoms with Gasteiger partial charge in [-0.25, -0.2) is 0 Å². The summed E-state index contributed by atoms with van der Waals surface area (Å²) in [4.78, 5) is 36.6. The zero-order valence-electron chi connectivity index (χ0n) is 14.2. The largest absolute Gasteiger partial charge is 0.468 e. The summed E-state index contributed by atoms with van der Waals surface area (Å²) in [7, 11) is 1.26. The Hall–Kier alpha value is -2.80. The summed E-state index contributed by atoms with van der Waals surface area (Å²) in [5.41, 5.74) is 2.21. The average Bonchev–Trinajstić information content (AvgIpc) is 3.10. The number of amides is 2. The first-order valence-corrected chi connectivity index (χ1v) is 8.95. The highest BCUT2D eigenvalue weighted by Crippen LogP contribution is 2.37. The van der Waals surface area contributed by atoms with E-state index in [1.165, 1.54) is 12.7 Å². The van der Waals surface area contributed by atoms with Gasteiger partial charge < -0.3 is 15.4 Å². The fourth-order valence-electron chi connectivity index (χ4n) is 2.58. The van der Waals surface area contributed by atoms with E-state index in [2.05, 4.69) is 15.4 Å². The van der Waals surface area contributed by atoms with Gasteiger partial charge in [-0.2, -0.15) is 0 Å². The number of hydrogen-bond acceptors (Lipinski definition) is 5. The predicted octanol–water partition coefficient (Wildman–Crippen LogP) is 2.24. The number of carbonyl (C=O) groups excluding carboxylic acids is 3. The summed E-state index contributed by atoms with van der Waals surface area (Å²) >= 11 is 1.56. The van der Waals surface area contributed by atoms with Crippen LogP contribution in [0.2, 0.25) is 0 Å². The number of fused-ring (bicyclic) bond motifs is 1. The van der Waals surface area contributed by atoms with Crippen molar-refractivity contribution in [3.63, 3.8) is 0 Å². The standard InChI is InChI=1S/C19H18N2O4S/c1-25-17(22)11-20-18(23)12-6-8-14(9-7-12)21-19(24)16-10-13-4-2-3-5-15(13)26-16/h2-9,16H,10-11H2,1H3,(H,20,23)(H,21,24). The summed E-state index contributed by atoms with van der Waals surface area (Å²) in [6, 6.07) is 14.5. The lowest BCUT2D eigenvalue weighted by Crippen LogP contribution is -2.30. The highest BCUT2D eigenvalue weighted by Gasteiger charge is 2.27. The van der Waals surface area contributed by atoms with Gasteiger partial charge in [0, 0.05) is 16.1 Å². The Morgan fingerprint density at radius 1 is 1.12 bits per heavy atom. The Bertz CT molecular complexity index is 811. The molecule has 2 amide bonds. The monoisotopic (exact) mass is 370 g/mol. The molecule has 2 N–H and O–H groups in total. The number of anilines is 1. The van der Waals surface area contributed by atoms with Crippen LogP contribution in [0.3, 0.4) is 0 Å². The van der Waals surface area contributed by atoms with Gasteiger partial charge in [-0.15, -0.1) is 11.8 Å². The molecular formula is C19H18N2O4S. The Labute approximate surface area is 155 Å². The Balaban J connectivity index is 1.55. The van der Waals surface area contributed by atoms with Gasteiger partial charge in [-0.1, -0.05) is 18.2 Å². The zero-order valence-corrected chi connectivity index (χ0v) is 15.0. The second kappa shape index (κ2) is 8.05. The first-order chi connectivity index (χ1) is 12.6. The Morgan fingerprint density at radius 2 is 1.85 bits per heavy atom. The number of ether oxygens (including phenoxy) is 1. The SMILES string of the molecule is COC(=O)CNC(=O)c1ccc(NC(=O)C2Cc3ccccc3S2)cc1. The summed E-state index contributed by atoms with van der Waals surface area (Å²) in [6.07, 6.45) is 0.709. The minimum absolute atomic E-state index is 0.0610. The molecule has 0 fully saturated rings. The van der Waals surface area contributed by atoms with Crippen molar-refractivity contribution >= 4 is 35.2 Å². The fraction of sp³-hybridized carbons (Fsp3) is 0.211. The molecule has 0 saturated carbocycles. The van der Waals surface area contributed by atoms with E-state index < -0.39 is 5.97 Å². The molecule has 6 nitrogen and oxygen atoms in total. The van der Waals surface area contributed by atoms with E-state index in [9.17, 15) is 14.4 Å². The molecule has 1 unspecified atom stereocenters. The second-order valence-electron chi connectivity index (χ2n) is 5.74. The van der Waals surface area contributed by atoms with Gasteiger partial charge in [0.1, 0.15) is 6.54 Å². The van der Waals surface area contributed by atoms with E-state index >= 15 is 0 Å². The molecule has 26 heavy (non-hydrogen) atoms. The number of methoxy groups -OCH3 is 1. The number of carbonyl (C=O) groups is 3. The molecule has 134 valence electrons. The smallest absolute Gasteiger partial charge is 0.325 e. The Kier molecular flexibility index (Phi) is 5.58. The summed E-state index contributed by atoms with van der Waals surface area (Å²) in [5.74, 6) is -0.957. The van der Waals surface area contributed by atoms with Crippen molar-refractivity contribution in [3.05, 3.63) is 59.7 Å². The normalized spacial score (nSPS) is 15.0. The van der Waals surface area contributed by atoms with Gasteiger partial charge in [-0.3, -0.25) is 14.4 Å². The van der Waals surface area contributed by atoms with Crippen LogP contribution >= 0.6 is 11.8 Å². The summed E-state index contributed by atoms with van der Waals surface area (Å²) in [6.45, 7) is -0.187. The third kappa shape index (κ3) is 4.23. The maximum atomic E-state index is 12.4. The maximum absolute atomic E-state index is 12.4. The van der Waals surface area contributed by atoms with Crippen molar-refractivity contribution < 1.29 is 19.1 Å². The number of thioether (sulfide) groups is 1. The maximum Gasteiger partial charge on any atom is 0.325 e.